The Morgan fingerprint density at radius 3 is 2.67 bits per heavy atom. The van der Waals surface area contributed by atoms with Crippen molar-refractivity contribution in [2.75, 3.05) is 11.9 Å². The minimum atomic E-state index is -0.230. The number of anilines is 1. The van der Waals surface area contributed by atoms with E-state index in [0.29, 0.717) is 17.1 Å². The van der Waals surface area contributed by atoms with Crippen LogP contribution in [0.5, 0.6) is 0 Å². The van der Waals surface area contributed by atoms with Crippen molar-refractivity contribution < 1.29 is 9.59 Å². The lowest BCUT2D eigenvalue weighted by Gasteiger charge is -2.12. The highest BCUT2D eigenvalue weighted by atomic mass is 32.1. The molecular weight excluding hydrogens is 356 g/mol. The summed E-state index contributed by atoms with van der Waals surface area (Å²) in [4.78, 5) is 26.3. The van der Waals surface area contributed by atoms with Gasteiger partial charge in [0.25, 0.3) is 5.91 Å². The van der Waals surface area contributed by atoms with E-state index in [1.165, 1.54) is 27.9 Å². The summed E-state index contributed by atoms with van der Waals surface area (Å²) < 4.78 is 0. The first-order valence-electron chi connectivity index (χ1n) is 9.18. The number of carbonyl (C=O) groups is 2. The third-order valence-corrected chi connectivity index (χ3v) is 5.75. The molecule has 2 amide bonds. The van der Waals surface area contributed by atoms with Crippen LogP contribution in [0.1, 0.15) is 44.8 Å². The van der Waals surface area contributed by atoms with Crippen molar-refractivity contribution in [3.63, 3.8) is 0 Å². The molecule has 0 aliphatic heterocycles. The second kappa shape index (κ2) is 8.82. The summed E-state index contributed by atoms with van der Waals surface area (Å²) in [6.07, 6.45) is 9.00. The third-order valence-electron chi connectivity index (χ3n) is 4.55. The molecule has 0 saturated carbocycles. The molecule has 140 valence electrons. The van der Waals surface area contributed by atoms with Gasteiger partial charge in [-0.3, -0.25) is 9.59 Å². The lowest BCUT2D eigenvalue weighted by atomic mass is 9.95. The summed E-state index contributed by atoms with van der Waals surface area (Å²) in [5.41, 5.74) is 3.85. The van der Waals surface area contributed by atoms with E-state index in [2.05, 4.69) is 17.2 Å². The number of thiophene rings is 1. The molecule has 5 heteroatoms. The molecule has 4 nitrogen and oxygen atoms in total. The Kier molecular flexibility index (Phi) is 6.24. The van der Waals surface area contributed by atoms with Crippen molar-refractivity contribution in [1.82, 2.24) is 5.32 Å². The number of aryl methyl sites for hydroxylation is 2. The van der Waals surface area contributed by atoms with E-state index in [9.17, 15) is 9.59 Å². The van der Waals surface area contributed by atoms with E-state index in [4.69, 9.17) is 0 Å². The zero-order chi connectivity index (χ0) is 19.2. The second-order valence-corrected chi connectivity index (χ2v) is 7.75. The van der Waals surface area contributed by atoms with Crippen LogP contribution in [0.4, 0.5) is 5.00 Å². The van der Waals surface area contributed by atoms with Gasteiger partial charge < -0.3 is 10.6 Å². The Morgan fingerprint density at radius 1 is 1.19 bits per heavy atom. The number of carbonyl (C=O) groups excluding carboxylic acids is 2. The average Bonchev–Trinajstić information content (AvgIpc) is 3.03. The molecule has 0 bridgehead atoms. The Bertz CT molecular complexity index is 878. The average molecular weight is 381 g/mol. The summed E-state index contributed by atoms with van der Waals surface area (Å²) >= 11 is 1.52. The largest absolute Gasteiger partial charge is 0.348 e. The standard InChI is InChI=1S/C22H24N2O2S/c1-3-14-23-21(26)20-17-6-4-5-7-18(17)27-22(20)24-19(25)13-12-16-10-8-15(2)9-11-16/h3,8-13H,1,4-7,14H2,2H3,(H,23,26)(H,24,25)/b13-12+. The Labute approximate surface area is 164 Å². The molecule has 0 spiro atoms. The summed E-state index contributed by atoms with van der Waals surface area (Å²) in [6, 6.07) is 7.95. The van der Waals surface area contributed by atoms with Crippen molar-refractivity contribution >= 4 is 34.2 Å². The molecule has 1 heterocycles. The number of fused-ring (bicyclic) bond motifs is 1. The summed E-state index contributed by atoms with van der Waals surface area (Å²) in [6.45, 7) is 6.07. The van der Waals surface area contributed by atoms with E-state index < -0.39 is 0 Å². The molecule has 3 rings (SSSR count). The lowest BCUT2D eigenvalue weighted by Crippen LogP contribution is -2.25. The van der Waals surface area contributed by atoms with Gasteiger partial charge in [0.1, 0.15) is 5.00 Å². The highest BCUT2D eigenvalue weighted by Gasteiger charge is 2.25. The Morgan fingerprint density at radius 2 is 1.93 bits per heavy atom. The van der Waals surface area contributed by atoms with Gasteiger partial charge in [-0.2, -0.15) is 0 Å². The molecule has 1 aliphatic rings. The number of amides is 2. The molecule has 0 unspecified atom stereocenters. The molecular formula is C22H24N2O2S. The number of nitrogens with one attached hydrogen (secondary N) is 2. The molecule has 0 saturated heterocycles. The van der Waals surface area contributed by atoms with Crippen LogP contribution in [-0.4, -0.2) is 18.4 Å². The van der Waals surface area contributed by atoms with Crippen molar-refractivity contribution in [3.05, 3.63) is 70.1 Å². The molecule has 1 aliphatic carbocycles. The minimum Gasteiger partial charge on any atom is -0.348 e. The quantitative estimate of drug-likeness (QED) is 0.572. The van der Waals surface area contributed by atoms with Crippen molar-refractivity contribution in [2.45, 2.75) is 32.6 Å². The molecule has 27 heavy (non-hydrogen) atoms. The van der Waals surface area contributed by atoms with Gasteiger partial charge in [-0.1, -0.05) is 35.9 Å². The van der Waals surface area contributed by atoms with Gasteiger partial charge in [-0.05, 0) is 49.8 Å². The fourth-order valence-electron chi connectivity index (χ4n) is 3.15. The van der Waals surface area contributed by atoms with Gasteiger partial charge in [0.15, 0.2) is 0 Å². The first-order chi connectivity index (χ1) is 13.1. The van der Waals surface area contributed by atoms with E-state index in [-0.39, 0.29) is 11.8 Å². The maximum absolute atomic E-state index is 12.6. The van der Waals surface area contributed by atoms with Gasteiger partial charge >= 0.3 is 0 Å². The highest BCUT2D eigenvalue weighted by Crippen LogP contribution is 2.38. The lowest BCUT2D eigenvalue weighted by molar-refractivity contribution is -0.111. The first-order valence-corrected chi connectivity index (χ1v) is 9.99. The van der Waals surface area contributed by atoms with Crippen LogP contribution in [0.2, 0.25) is 0 Å². The molecule has 0 radical (unpaired) electrons. The number of hydrogen-bond acceptors (Lipinski definition) is 3. The van der Waals surface area contributed by atoms with Crippen LogP contribution < -0.4 is 10.6 Å². The highest BCUT2D eigenvalue weighted by molar-refractivity contribution is 7.17. The van der Waals surface area contributed by atoms with Gasteiger partial charge in [0.2, 0.25) is 5.91 Å². The fourth-order valence-corrected chi connectivity index (χ4v) is 4.44. The molecule has 2 N–H and O–H groups in total. The van der Waals surface area contributed by atoms with Gasteiger partial charge in [-0.25, -0.2) is 0 Å². The van der Waals surface area contributed by atoms with Crippen LogP contribution in [0.25, 0.3) is 6.08 Å². The molecule has 0 fully saturated rings. The Balaban J connectivity index is 1.79. The van der Waals surface area contributed by atoms with Crippen LogP contribution in [-0.2, 0) is 17.6 Å². The van der Waals surface area contributed by atoms with E-state index >= 15 is 0 Å². The predicted octanol–water partition coefficient (Wildman–Crippen LogP) is 4.50. The van der Waals surface area contributed by atoms with Crippen LogP contribution in [0, 0.1) is 6.92 Å². The third kappa shape index (κ3) is 4.74. The smallest absolute Gasteiger partial charge is 0.254 e. The second-order valence-electron chi connectivity index (χ2n) is 6.65. The molecule has 0 atom stereocenters. The molecule has 1 aromatic heterocycles. The zero-order valence-corrected chi connectivity index (χ0v) is 16.3. The van der Waals surface area contributed by atoms with Crippen molar-refractivity contribution in [2.24, 2.45) is 0 Å². The topological polar surface area (TPSA) is 58.2 Å². The normalized spacial score (nSPS) is 13.2. The van der Waals surface area contributed by atoms with Crippen molar-refractivity contribution in [3.8, 4) is 0 Å². The van der Waals surface area contributed by atoms with Gasteiger partial charge in [-0.15, -0.1) is 17.9 Å². The van der Waals surface area contributed by atoms with E-state index in [1.807, 2.05) is 31.2 Å². The summed E-state index contributed by atoms with van der Waals surface area (Å²) in [5, 5.41) is 6.40. The molecule has 2 aromatic rings. The van der Waals surface area contributed by atoms with Gasteiger partial charge in [0, 0.05) is 17.5 Å². The van der Waals surface area contributed by atoms with Gasteiger partial charge in [0.05, 0.1) is 5.56 Å². The zero-order valence-electron chi connectivity index (χ0n) is 15.5. The summed E-state index contributed by atoms with van der Waals surface area (Å²) in [5.74, 6) is -0.376. The van der Waals surface area contributed by atoms with E-state index in [1.54, 1.807) is 12.2 Å². The predicted molar refractivity (Wildman–Crippen MR) is 112 cm³/mol. The number of hydrogen-bond donors (Lipinski definition) is 2. The monoisotopic (exact) mass is 380 g/mol. The SMILES string of the molecule is C=CCNC(=O)c1c(NC(=O)/C=C/c2ccc(C)cc2)sc2c1CCCC2. The van der Waals surface area contributed by atoms with Crippen LogP contribution in [0.3, 0.4) is 0 Å². The maximum Gasteiger partial charge on any atom is 0.254 e. The summed E-state index contributed by atoms with van der Waals surface area (Å²) in [7, 11) is 0. The Hall–Kier alpha value is -2.66. The fraction of sp³-hybridized carbons (Fsp3) is 0.273. The number of benzene rings is 1. The van der Waals surface area contributed by atoms with Crippen molar-refractivity contribution in [1.29, 1.82) is 0 Å². The number of rotatable bonds is 6. The minimum absolute atomic E-state index is 0.146. The maximum atomic E-state index is 12.6. The first kappa shape index (κ1) is 19.1. The molecule has 1 aromatic carbocycles. The van der Waals surface area contributed by atoms with E-state index in [0.717, 1.165) is 36.8 Å². The van der Waals surface area contributed by atoms with Crippen LogP contribution >= 0.6 is 11.3 Å². The van der Waals surface area contributed by atoms with Crippen LogP contribution in [0.15, 0.2) is 43.0 Å².